The number of carbonyl (C=O) groups excluding carboxylic acids is 1. The van der Waals surface area contributed by atoms with Crippen molar-refractivity contribution in [1.29, 1.82) is 0 Å². The molecular weight excluding hydrogens is 214 g/mol. The lowest BCUT2D eigenvalue weighted by Crippen LogP contribution is -2.52. The summed E-state index contributed by atoms with van der Waals surface area (Å²) >= 11 is 1.62. The van der Waals surface area contributed by atoms with Crippen molar-refractivity contribution < 1.29 is 14.7 Å². The molecule has 0 spiro atoms. The van der Waals surface area contributed by atoms with Crippen LogP contribution in [0.5, 0.6) is 0 Å². The van der Waals surface area contributed by atoms with Crippen molar-refractivity contribution in [1.82, 2.24) is 5.32 Å². The number of amides is 1. The molecule has 1 aliphatic heterocycles. The van der Waals surface area contributed by atoms with E-state index in [4.69, 9.17) is 5.11 Å². The maximum Gasteiger partial charge on any atom is 0.328 e. The van der Waals surface area contributed by atoms with Crippen LogP contribution in [-0.2, 0) is 9.59 Å². The average Bonchev–Trinajstić information content (AvgIpc) is 2.18. The van der Waals surface area contributed by atoms with Crippen LogP contribution in [0.15, 0.2) is 0 Å². The minimum atomic E-state index is -1.17. The standard InChI is InChI=1S/C10H17NO3S/c1-10(2,9(13)14)11-8(12)7-5-3-4-6-15-7/h7H,3-6H2,1-2H3,(H,11,12)(H,13,14). The maximum atomic E-state index is 11.7. The van der Waals surface area contributed by atoms with E-state index in [1.807, 2.05) is 0 Å². The van der Waals surface area contributed by atoms with Gasteiger partial charge in [0.15, 0.2) is 0 Å². The van der Waals surface area contributed by atoms with Gasteiger partial charge in [-0.15, -0.1) is 11.8 Å². The van der Waals surface area contributed by atoms with Crippen LogP contribution in [0.4, 0.5) is 0 Å². The molecule has 1 heterocycles. The first-order valence-electron chi connectivity index (χ1n) is 5.10. The fraction of sp³-hybridized carbons (Fsp3) is 0.800. The van der Waals surface area contributed by atoms with Gasteiger partial charge in [0.25, 0.3) is 0 Å². The molecule has 15 heavy (non-hydrogen) atoms. The first-order chi connectivity index (χ1) is 6.93. The number of aliphatic carboxylic acids is 1. The zero-order valence-corrected chi connectivity index (χ0v) is 9.89. The van der Waals surface area contributed by atoms with Crippen LogP contribution in [0, 0.1) is 0 Å². The van der Waals surface area contributed by atoms with E-state index >= 15 is 0 Å². The Hall–Kier alpha value is -0.710. The molecule has 0 radical (unpaired) electrons. The average molecular weight is 231 g/mol. The van der Waals surface area contributed by atoms with Crippen LogP contribution in [0.3, 0.4) is 0 Å². The number of carbonyl (C=O) groups is 2. The monoisotopic (exact) mass is 231 g/mol. The van der Waals surface area contributed by atoms with Gasteiger partial charge in [0, 0.05) is 0 Å². The van der Waals surface area contributed by atoms with Crippen molar-refractivity contribution in [3.8, 4) is 0 Å². The van der Waals surface area contributed by atoms with Gasteiger partial charge in [0.2, 0.25) is 5.91 Å². The van der Waals surface area contributed by atoms with Crippen molar-refractivity contribution in [2.75, 3.05) is 5.75 Å². The highest BCUT2D eigenvalue weighted by atomic mass is 32.2. The third-order valence-electron chi connectivity index (χ3n) is 2.44. The second kappa shape index (κ2) is 4.88. The normalized spacial score (nSPS) is 22.1. The molecule has 5 heteroatoms. The number of carboxylic acids is 1. The van der Waals surface area contributed by atoms with Crippen LogP contribution in [0.25, 0.3) is 0 Å². The van der Waals surface area contributed by atoms with Crippen molar-refractivity contribution >= 4 is 23.6 Å². The van der Waals surface area contributed by atoms with Gasteiger partial charge < -0.3 is 10.4 Å². The van der Waals surface area contributed by atoms with E-state index in [1.54, 1.807) is 11.8 Å². The molecule has 1 atom stereocenters. The molecule has 0 bridgehead atoms. The van der Waals surface area contributed by atoms with Crippen molar-refractivity contribution in [2.45, 2.75) is 43.9 Å². The molecule has 1 rings (SSSR count). The molecule has 1 fully saturated rings. The molecular formula is C10H17NO3S. The van der Waals surface area contributed by atoms with Gasteiger partial charge in [0.05, 0.1) is 5.25 Å². The van der Waals surface area contributed by atoms with Gasteiger partial charge >= 0.3 is 5.97 Å². The number of thioether (sulfide) groups is 1. The third-order valence-corrected chi connectivity index (χ3v) is 3.82. The largest absolute Gasteiger partial charge is 0.480 e. The molecule has 0 aromatic heterocycles. The van der Waals surface area contributed by atoms with Crippen molar-refractivity contribution in [2.24, 2.45) is 0 Å². The molecule has 1 amide bonds. The Morgan fingerprint density at radius 1 is 1.40 bits per heavy atom. The zero-order valence-electron chi connectivity index (χ0n) is 9.08. The minimum absolute atomic E-state index is 0.0719. The molecule has 1 saturated heterocycles. The lowest BCUT2D eigenvalue weighted by molar-refractivity contribution is -0.145. The highest BCUT2D eigenvalue weighted by molar-refractivity contribution is 8.00. The van der Waals surface area contributed by atoms with E-state index in [1.165, 1.54) is 13.8 Å². The Kier molecular flexibility index (Phi) is 4.02. The number of hydrogen-bond acceptors (Lipinski definition) is 3. The Bertz CT molecular complexity index is 259. The van der Waals surface area contributed by atoms with Crippen molar-refractivity contribution in [3.05, 3.63) is 0 Å². The Morgan fingerprint density at radius 3 is 2.53 bits per heavy atom. The summed E-state index contributed by atoms with van der Waals surface area (Å²) in [7, 11) is 0. The fourth-order valence-corrected chi connectivity index (χ4v) is 2.59. The predicted molar refractivity (Wildman–Crippen MR) is 60.0 cm³/mol. The topological polar surface area (TPSA) is 66.4 Å². The van der Waals surface area contributed by atoms with Crippen LogP contribution < -0.4 is 5.32 Å². The van der Waals surface area contributed by atoms with Gasteiger partial charge in [-0.05, 0) is 32.4 Å². The number of nitrogens with one attached hydrogen (secondary N) is 1. The number of hydrogen-bond donors (Lipinski definition) is 2. The molecule has 0 aromatic carbocycles. The molecule has 1 aliphatic rings. The molecule has 1 unspecified atom stereocenters. The van der Waals surface area contributed by atoms with Crippen LogP contribution in [0.1, 0.15) is 33.1 Å². The van der Waals surface area contributed by atoms with E-state index in [9.17, 15) is 9.59 Å². The van der Waals surface area contributed by atoms with Gasteiger partial charge in [0.1, 0.15) is 5.54 Å². The van der Waals surface area contributed by atoms with Gasteiger partial charge in [-0.2, -0.15) is 0 Å². The molecule has 86 valence electrons. The summed E-state index contributed by atoms with van der Waals surface area (Å²) in [6.07, 6.45) is 3.06. The molecule has 4 nitrogen and oxygen atoms in total. The molecule has 0 saturated carbocycles. The SMILES string of the molecule is CC(C)(NC(=O)C1CCCCS1)C(=O)O. The van der Waals surface area contributed by atoms with E-state index in [-0.39, 0.29) is 11.2 Å². The molecule has 2 N–H and O–H groups in total. The summed E-state index contributed by atoms with van der Waals surface area (Å²) < 4.78 is 0. The first kappa shape index (κ1) is 12.4. The summed E-state index contributed by atoms with van der Waals surface area (Å²) in [5, 5.41) is 11.4. The lowest BCUT2D eigenvalue weighted by Gasteiger charge is -2.26. The quantitative estimate of drug-likeness (QED) is 0.767. The minimum Gasteiger partial charge on any atom is -0.480 e. The summed E-state index contributed by atoms with van der Waals surface area (Å²) in [4.78, 5) is 22.5. The summed E-state index contributed by atoms with van der Waals surface area (Å²) in [6.45, 7) is 3.00. The Labute approximate surface area is 93.8 Å². The van der Waals surface area contributed by atoms with Gasteiger partial charge in [-0.1, -0.05) is 6.42 Å². The third kappa shape index (κ3) is 3.41. The highest BCUT2D eigenvalue weighted by Gasteiger charge is 2.32. The van der Waals surface area contributed by atoms with Crippen molar-refractivity contribution in [3.63, 3.8) is 0 Å². The van der Waals surface area contributed by atoms with E-state index in [0.29, 0.717) is 0 Å². The molecule has 0 aliphatic carbocycles. The smallest absolute Gasteiger partial charge is 0.328 e. The Balaban J connectivity index is 2.50. The van der Waals surface area contributed by atoms with Gasteiger partial charge in [-0.3, -0.25) is 4.79 Å². The summed E-state index contributed by atoms with van der Waals surface area (Å²) in [5.41, 5.74) is -1.17. The number of carboxylic acid groups (broad SMARTS) is 1. The van der Waals surface area contributed by atoms with E-state index in [0.717, 1.165) is 25.0 Å². The summed E-state index contributed by atoms with van der Waals surface area (Å²) in [5.74, 6) is -0.158. The fourth-order valence-electron chi connectivity index (χ4n) is 1.39. The lowest BCUT2D eigenvalue weighted by atomic mass is 10.1. The second-order valence-electron chi connectivity index (χ2n) is 4.27. The van der Waals surface area contributed by atoms with E-state index < -0.39 is 11.5 Å². The number of rotatable bonds is 3. The van der Waals surface area contributed by atoms with Crippen LogP contribution in [0.2, 0.25) is 0 Å². The second-order valence-corrected chi connectivity index (χ2v) is 5.59. The predicted octanol–water partition coefficient (Wildman–Crippen LogP) is 1.25. The summed E-state index contributed by atoms with van der Waals surface area (Å²) in [6, 6.07) is 0. The molecule has 0 aromatic rings. The van der Waals surface area contributed by atoms with E-state index in [2.05, 4.69) is 5.32 Å². The maximum absolute atomic E-state index is 11.7. The highest BCUT2D eigenvalue weighted by Crippen LogP contribution is 2.25. The first-order valence-corrected chi connectivity index (χ1v) is 6.15. The van der Waals surface area contributed by atoms with Crippen LogP contribution >= 0.6 is 11.8 Å². The van der Waals surface area contributed by atoms with Gasteiger partial charge in [-0.25, -0.2) is 4.79 Å². The zero-order chi connectivity index (χ0) is 11.5. The Morgan fingerprint density at radius 2 is 2.07 bits per heavy atom. The van der Waals surface area contributed by atoms with Crippen LogP contribution in [-0.4, -0.2) is 33.5 Å².